The van der Waals surface area contributed by atoms with Gasteiger partial charge in [-0.25, -0.2) is 0 Å². The van der Waals surface area contributed by atoms with Crippen molar-refractivity contribution < 1.29 is 57.2 Å². The van der Waals surface area contributed by atoms with Crippen LogP contribution in [-0.4, -0.2) is 35.8 Å². The predicted octanol–water partition coefficient (Wildman–Crippen LogP) is 7.04. The molecular formula is C42H36O12. The highest BCUT2D eigenvalue weighted by Gasteiger charge is 2.38. The summed E-state index contributed by atoms with van der Waals surface area (Å²) in [5, 5.41) is 3.13. The molecule has 6 saturated carbocycles. The summed E-state index contributed by atoms with van der Waals surface area (Å²) < 4.78 is 35.3. The van der Waals surface area contributed by atoms with Crippen molar-refractivity contribution in [2.24, 2.45) is 35.5 Å². The lowest BCUT2D eigenvalue weighted by atomic mass is 9.93. The summed E-state index contributed by atoms with van der Waals surface area (Å²) in [4.78, 5) is 78.3. The minimum Gasteiger partial charge on any atom is -0.422 e. The Morgan fingerprint density at radius 1 is 0.278 bits per heavy atom. The molecule has 6 aliphatic rings. The molecule has 0 N–H and O–H groups in total. The number of carbonyl (C=O) groups is 6. The molecule has 0 bridgehead atoms. The summed E-state index contributed by atoms with van der Waals surface area (Å²) in [7, 11) is 0. The molecule has 6 fully saturated rings. The van der Waals surface area contributed by atoms with E-state index in [4.69, 9.17) is 28.4 Å². The molecule has 0 unspecified atom stereocenters. The van der Waals surface area contributed by atoms with E-state index < -0.39 is 35.8 Å². The summed E-state index contributed by atoms with van der Waals surface area (Å²) in [5.41, 5.74) is 0. The number of hydrogen-bond acceptors (Lipinski definition) is 12. The maximum atomic E-state index is 13.1. The standard InChI is InChI=1S/C42H36O12/c43-37(19-1-2-19)49-31-13-25-26(14-32(31)50-38(44)20-3-4-20)28-16-34(52-40(46)22-7-8-22)36(54-42(48)24-11-12-24)18-30(28)29-17-35(53-41(47)23-9-10-23)33(15-27(25)29)51-39(45)21-5-6-21/h13-24H,1-12H2. The molecule has 0 aromatic heterocycles. The Hall–Kier alpha value is -5.52. The van der Waals surface area contributed by atoms with Crippen LogP contribution in [-0.2, 0) is 28.8 Å². The van der Waals surface area contributed by atoms with Gasteiger partial charge in [0.1, 0.15) is 0 Å². The first-order chi connectivity index (χ1) is 26.2. The number of benzene rings is 4. The average Bonchev–Trinajstić information content (AvgIpc) is 3.95. The average molecular weight is 733 g/mol. The smallest absolute Gasteiger partial charge is 0.314 e. The first kappa shape index (κ1) is 33.1. The van der Waals surface area contributed by atoms with Gasteiger partial charge < -0.3 is 28.4 Å². The molecule has 12 nitrogen and oxygen atoms in total. The number of hydrogen-bond donors (Lipinski definition) is 0. The van der Waals surface area contributed by atoms with Crippen LogP contribution in [0.2, 0.25) is 0 Å². The van der Waals surface area contributed by atoms with E-state index in [-0.39, 0.29) is 70.0 Å². The lowest BCUT2D eigenvalue weighted by Gasteiger charge is -2.19. The zero-order valence-corrected chi connectivity index (χ0v) is 29.3. The minimum absolute atomic E-state index is 0.0465. The summed E-state index contributed by atoms with van der Waals surface area (Å²) >= 11 is 0. The van der Waals surface area contributed by atoms with Crippen molar-refractivity contribution in [3.63, 3.8) is 0 Å². The van der Waals surface area contributed by atoms with E-state index in [1.807, 2.05) is 0 Å². The van der Waals surface area contributed by atoms with Crippen molar-refractivity contribution in [1.29, 1.82) is 0 Å². The molecule has 4 aromatic rings. The number of ether oxygens (including phenoxy) is 6. The van der Waals surface area contributed by atoms with Gasteiger partial charge in [-0.1, -0.05) is 0 Å². The minimum atomic E-state index is -0.437. The fourth-order valence-electron chi connectivity index (χ4n) is 6.56. The highest BCUT2D eigenvalue weighted by molar-refractivity contribution is 6.27. The van der Waals surface area contributed by atoms with Gasteiger partial charge in [0, 0.05) is 0 Å². The molecule has 6 aliphatic carbocycles. The second kappa shape index (κ2) is 12.5. The second-order valence-electron chi connectivity index (χ2n) is 15.7. The largest absolute Gasteiger partial charge is 0.422 e. The molecule has 0 spiro atoms. The molecule has 0 heterocycles. The molecule has 4 aromatic carbocycles. The Balaban J connectivity index is 1.22. The lowest BCUT2D eigenvalue weighted by molar-refractivity contribution is -0.138. The van der Waals surface area contributed by atoms with Gasteiger partial charge in [-0.3, -0.25) is 28.8 Å². The third-order valence-corrected chi connectivity index (χ3v) is 10.8. The molecule has 10 rings (SSSR count). The molecular weight excluding hydrogens is 696 g/mol. The van der Waals surface area contributed by atoms with Crippen molar-refractivity contribution in [2.75, 3.05) is 0 Å². The highest BCUT2D eigenvalue weighted by atomic mass is 16.6. The fraction of sp³-hybridized carbons (Fsp3) is 0.429. The monoisotopic (exact) mass is 732 g/mol. The Labute approximate surface area is 308 Å². The molecule has 0 aliphatic heterocycles. The zero-order chi connectivity index (χ0) is 36.8. The summed E-state index contributed by atoms with van der Waals surface area (Å²) in [6.07, 6.45) is 8.40. The van der Waals surface area contributed by atoms with Crippen LogP contribution >= 0.6 is 0 Å². The van der Waals surface area contributed by atoms with Crippen LogP contribution in [0.25, 0.3) is 32.3 Å². The Morgan fingerprint density at radius 3 is 0.519 bits per heavy atom. The van der Waals surface area contributed by atoms with Crippen LogP contribution < -0.4 is 28.4 Å². The van der Waals surface area contributed by atoms with Gasteiger partial charge in [0.05, 0.1) is 35.5 Å². The van der Waals surface area contributed by atoms with Crippen molar-refractivity contribution >= 4 is 68.1 Å². The van der Waals surface area contributed by atoms with E-state index in [1.165, 1.54) is 0 Å². The zero-order valence-electron chi connectivity index (χ0n) is 29.3. The van der Waals surface area contributed by atoms with E-state index in [2.05, 4.69) is 0 Å². The first-order valence-corrected chi connectivity index (χ1v) is 19.0. The Morgan fingerprint density at radius 2 is 0.407 bits per heavy atom. The van der Waals surface area contributed by atoms with Gasteiger partial charge >= 0.3 is 35.8 Å². The lowest BCUT2D eigenvalue weighted by Crippen LogP contribution is -2.15. The van der Waals surface area contributed by atoms with Gasteiger partial charge in [-0.15, -0.1) is 0 Å². The molecule has 276 valence electrons. The molecule has 0 radical (unpaired) electrons. The Bertz CT molecular complexity index is 1900. The van der Waals surface area contributed by atoms with Gasteiger partial charge in [-0.05, 0) is 146 Å². The first-order valence-electron chi connectivity index (χ1n) is 19.0. The topological polar surface area (TPSA) is 158 Å². The van der Waals surface area contributed by atoms with Crippen LogP contribution in [0.4, 0.5) is 0 Å². The van der Waals surface area contributed by atoms with Crippen molar-refractivity contribution in [1.82, 2.24) is 0 Å². The summed E-state index contributed by atoms with van der Waals surface area (Å²) in [5.74, 6) is -3.85. The molecule has 0 atom stereocenters. The van der Waals surface area contributed by atoms with Crippen LogP contribution in [0.3, 0.4) is 0 Å². The molecule has 0 amide bonds. The van der Waals surface area contributed by atoms with Gasteiger partial charge in [0.2, 0.25) is 0 Å². The van der Waals surface area contributed by atoms with Crippen molar-refractivity contribution in [3.8, 4) is 34.5 Å². The number of rotatable bonds is 12. The van der Waals surface area contributed by atoms with Crippen LogP contribution in [0.15, 0.2) is 36.4 Å². The van der Waals surface area contributed by atoms with Crippen LogP contribution in [0.5, 0.6) is 34.5 Å². The van der Waals surface area contributed by atoms with E-state index in [9.17, 15) is 28.8 Å². The highest BCUT2D eigenvalue weighted by Crippen LogP contribution is 2.49. The Kier molecular flexibility index (Phi) is 7.68. The molecule has 54 heavy (non-hydrogen) atoms. The molecule has 0 saturated heterocycles. The van der Waals surface area contributed by atoms with Gasteiger partial charge in [0.15, 0.2) is 34.5 Å². The quantitative estimate of drug-likeness (QED) is 0.0833. The van der Waals surface area contributed by atoms with Gasteiger partial charge in [-0.2, -0.15) is 0 Å². The second-order valence-corrected chi connectivity index (χ2v) is 15.7. The van der Waals surface area contributed by atoms with Crippen molar-refractivity contribution in [2.45, 2.75) is 77.0 Å². The maximum absolute atomic E-state index is 13.1. The van der Waals surface area contributed by atoms with E-state index >= 15 is 0 Å². The van der Waals surface area contributed by atoms with E-state index in [0.717, 1.165) is 0 Å². The van der Waals surface area contributed by atoms with E-state index in [1.54, 1.807) is 36.4 Å². The SMILES string of the molecule is O=C(Oc1cc2c3cc(OC(=O)C4CC4)c(OC(=O)C4CC4)cc3c3cc(OC(=O)C4CC4)c(OC(=O)C4CC4)cc3c2cc1OC(=O)C1CC1)C1CC1. The maximum Gasteiger partial charge on any atom is 0.314 e. The van der Waals surface area contributed by atoms with Gasteiger partial charge in [0.25, 0.3) is 0 Å². The molecule has 12 heteroatoms. The number of carbonyl (C=O) groups excluding carboxylic acids is 6. The van der Waals surface area contributed by atoms with Crippen LogP contribution in [0, 0.1) is 35.5 Å². The summed E-state index contributed by atoms with van der Waals surface area (Å²) in [6.45, 7) is 0. The fourth-order valence-corrected chi connectivity index (χ4v) is 6.56. The van der Waals surface area contributed by atoms with Crippen molar-refractivity contribution in [3.05, 3.63) is 36.4 Å². The summed E-state index contributed by atoms with van der Waals surface area (Å²) in [6, 6.07) is 9.70. The third kappa shape index (κ3) is 6.62. The van der Waals surface area contributed by atoms with E-state index in [0.29, 0.717) is 109 Å². The third-order valence-electron chi connectivity index (χ3n) is 10.8. The normalized spacial score (nSPS) is 19.3. The predicted molar refractivity (Wildman–Crippen MR) is 189 cm³/mol. The number of esters is 6. The number of fused-ring (bicyclic) bond motifs is 6. The van der Waals surface area contributed by atoms with Crippen LogP contribution in [0.1, 0.15) is 77.0 Å².